The first-order valence-electron chi connectivity index (χ1n) is 7.19. The quantitative estimate of drug-likeness (QED) is 0.737. The number of rotatable bonds is 8. The summed E-state index contributed by atoms with van der Waals surface area (Å²) in [6, 6.07) is 0. The van der Waals surface area contributed by atoms with Gasteiger partial charge < -0.3 is 10.2 Å². The zero-order valence-corrected chi connectivity index (χ0v) is 14.0. The van der Waals surface area contributed by atoms with Crippen LogP contribution >= 0.6 is 22.7 Å². The van der Waals surface area contributed by atoms with Crippen molar-refractivity contribution in [3.05, 3.63) is 11.6 Å². The Morgan fingerprint density at radius 3 is 2.75 bits per heavy atom. The molecule has 2 rings (SSSR count). The van der Waals surface area contributed by atoms with E-state index in [-0.39, 0.29) is 0 Å². The minimum Gasteiger partial charge on any atom is -0.362 e. The van der Waals surface area contributed by atoms with Gasteiger partial charge in [-0.25, -0.2) is 9.97 Å². The fraction of sp³-hybridized carbons (Fsp3) is 0.571. The van der Waals surface area contributed by atoms with Crippen LogP contribution in [0.5, 0.6) is 0 Å². The van der Waals surface area contributed by atoms with E-state index < -0.39 is 0 Å². The highest BCUT2D eigenvalue weighted by atomic mass is 32.1. The van der Waals surface area contributed by atoms with Crippen LogP contribution in [-0.4, -0.2) is 29.6 Å². The van der Waals surface area contributed by atoms with Crippen LogP contribution in [0.1, 0.15) is 33.6 Å². The van der Waals surface area contributed by atoms with E-state index in [0.717, 1.165) is 40.5 Å². The summed E-state index contributed by atoms with van der Waals surface area (Å²) >= 11 is 3.38. The van der Waals surface area contributed by atoms with E-state index in [1.807, 2.05) is 6.20 Å². The molecule has 0 saturated heterocycles. The molecule has 0 atom stereocenters. The number of nitrogens with one attached hydrogen (secondary N) is 1. The molecule has 20 heavy (non-hydrogen) atoms. The molecule has 2 aromatic rings. The molecule has 2 aromatic heterocycles. The summed E-state index contributed by atoms with van der Waals surface area (Å²) < 4.78 is 0. The van der Waals surface area contributed by atoms with Crippen molar-refractivity contribution in [3.63, 3.8) is 0 Å². The van der Waals surface area contributed by atoms with Crippen LogP contribution in [-0.2, 0) is 0 Å². The molecule has 0 spiro atoms. The Balaban J connectivity index is 2.04. The molecular weight excluding hydrogens is 288 g/mol. The molecule has 0 unspecified atom stereocenters. The molecule has 0 fully saturated rings. The predicted molar refractivity (Wildman–Crippen MR) is 90.2 cm³/mol. The van der Waals surface area contributed by atoms with Gasteiger partial charge in [-0.3, -0.25) is 0 Å². The van der Waals surface area contributed by atoms with Crippen LogP contribution in [0.25, 0.3) is 10.6 Å². The van der Waals surface area contributed by atoms with Crippen molar-refractivity contribution in [1.29, 1.82) is 0 Å². The first-order valence-corrected chi connectivity index (χ1v) is 8.88. The van der Waals surface area contributed by atoms with Crippen molar-refractivity contribution in [3.8, 4) is 10.6 Å². The number of unbranched alkanes of at least 4 members (excludes halogenated alkanes) is 1. The summed E-state index contributed by atoms with van der Waals surface area (Å²) in [6.45, 7) is 9.49. The average molecular weight is 310 g/mol. The SMILES string of the molecule is CCCCNc1nc(-c2cnc(N(CC)CC)s2)cs1. The van der Waals surface area contributed by atoms with Crippen LogP contribution < -0.4 is 10.2 Å². The fourth-order valence-electron chi connectivity index (χ4n) is 1.86. The van der Waals surface area contributed by atoms with Crippen LogP contribution in [0, 0.1) is 0 Å². The molecule has 110 valence electrons. The summed E-state index contributed by atoms with van der Waals surface area (Å²) in [5.41, 5.74) is 1.03. The Morgan fingerprint density at radius 2 is 2.05 bits per heavy atom. The predicted octanol–water partition coefficient (Wildman–Crippen LogP) is 4.32. The lowest BCUT2D eigenvalue weighted by atomic mass is 10.3. The van der Waals surface area contributed by atoms with E-state index in [1.54, 1.807) is 22.7 Å². The van der Waals surface area contributed by atoms with Gasteiger partial charge >= 0.3 is 0 Å². The van der Waals surface area contributed by atoms with Gasteiger partial charge in [0, 0.05) is 31.2 Å². The summed E-state index contributed by atoms with van der Waals surface area (Å²) in [7, 11) is 0. The van der Waals surface area contributed by atoms with Crippen molar-refractivity contribution in [2.24, 2.45) is 0 Å². The van der Waals surface area contributed by atoms with Gasteiger partial charge in [0.1, 0.15) is 0 Å². The molecule has 0 aromatic carbocycles. The highest BCUT2D eigenvalue weighted by molar-refractivity contribution is 7.19. The largest absolute Gasteiger partial charge is 0.362 e. The Hall–Kier alpha value is -1.14. The number of anilines is 2. The lowest BCUT2D eigenvalue weighted by Crippen LogP contribution is -2.21. The summed E-state index contributed by atoms with van der Waals surface area (Å²) in [4.78, 5) is 12.6. The first-order chi connectivity index (χ1) is 9.78. The molecule has 6 heteroatoms. The maximum Gasteiger partial charge on any atom is 0.185 e. The third-order valence-corrected chi connectivity index (χ3v) is 4.97. The Labute approximate surface area is 128 Å². The molecule has 0 aliphatic rings. The highest BCUT2D eigenvalue weighted by Crippen LogP contribution is 2.32. The number of hydrogen-bond acceptors (Lipinski definition) is 6. The van der Waals surface area contributed by atoms with Crippen LogP contribution in [0.15, 0.2) is 11.6 Å². The topological polar surface area (TPSA) is 41.1 Å². The second-order valence-electron chi connectivity index (χ2n) is 4.50. The van der Waals surface area contributed by atoms with Gasteiger partial charge in [0.15, 0.2) is 10.3 Å². The van der Waals surface area contributed by atoms with E-state index in [2.05, 4.69) is 46.3 Å². The lowest BCUT2D eigenvalue weighted by molar-refractivity contribution is 0.833. The van der Waals surface area contributed by atoms with Gasteiger partial charge in [-0.2, -0.15) is 0 Å². The molecule has 0 amide bonds. The van der Waals surface area contributed by atoms with E-state index in [0.29, 0.717) is 0 Å². The zero-order valence-electron chi connectivity index (χ0n) is 12.3. The van der Waals surface area contributed by atoms with Gasteiger partial charge in [-0.05, 0) is 20.3 Å². The van der Waals surface area contributed by atoms with Crippen molar-refractivity contribution in [1.82, 2.24) is 9.97 Å². The maximum atomic E-state index is 4.64. The molecular formula is C14H22N4S2. The molecule has 0 saturated carbocycles. The van der Waals surface area contributed by atoms with Gasteiger partial charge in [0.2, 0.25) is 0 Å². The summed E-state index contributed by atoms with van der Waals surface area (Å²) in [6.07, 6.45) is 4.32. The Morgan fingerprint density at radius 1 is 1.25 bits per heavy atom. The Kier molecular flexibility index (Phi) is 5.79. The minimum atomic E-state index is 0.990. The van der Waals surface area contributed by atoms with Crippen molar-refractivity contribution in [2.45, 2.75) is 33.6 Å². The number of thiazole rings is 2. The van der Waals surface area contributed by atoms with Crippen LogP contribution in [0.3, 0.4) is 0 Å². The highest BCUT2D eigenvalue weighted by Gasteiger charge is 2.11. The average Bonchev–Trinajstić information content (AvgIpc) is 3.09. The molecule has 4 nitrogen and oxygen atoms in total. The van der Waals surface area contributed by atoms with E-state index >= 15 is 0 Å². The molecule has 0 aliphatic carbocycles. The molecule has 2 heterocycles. The van der Waals surface area contributed by atoms with Crippen molar-refractivity contribution in [2.75, 3.05) is 29.9 Å². The summed E-state index contributed by atoms with van der Waals surface area (Å²) in [5.74, 6) is 0. The third-order valence-electron chi connectivity index (χ3n) is 3.09. The van der Waals surface area contributed by atoms with Crippen LogP contribution in [0.4, 0.5) is 10.3 Å². The standard InChI is InChI=1S/C14H22N4S2/c1-4-7-8-15-13-17-11(10-19-13)12-9-16-14(20-12)18(5-2)6-3/h9-10H,4-8H2,1-3H3,(H,15,17). The van der Waals surface area contributed by atoms with Crippen LogP contribution in [0.2, 0.25) is 0 Å². The van der Waals surface area contributed by atoms with Gasteiger partial charge in [0.05, 0.1) is 10.6 Å². The second kappa shape index (κ2) is 7.59. The first kappa shape index (κ1) is 15.3. The molecule has 1 N–H and O–H groups in total. The molecule has 0 radical (unpaired) electrons. The van der Waals surface area contributed by atoms with E-state index in [4.69, 9.17) is 0 Å². The zero-order chi connectivity index (χ0) is 14.4. The molecule has 0 aliphatic heterocycles. The summed E-state index contributed by atoms with van der Waals surface area (Å²) in [5, 5.41) is 7.56. The third kappa shape index (κ3) is 3.70. The lowest BCUT2D eigenvalue weighted by Gasteiger charge is -2.16. The monoisotopic (exact) mass is 310 g/mol. The van der Waals surface area contributed by atoms with Gasteiger partial charge in [-0.1, -0.05) is 24.7 Å². The fourth-order valence-corrected chi connectivity index (χ4v) is 3.68. The molecule has 0 bridgehead atoms. The van der Waals surface area contributed by atoms with Gasteiger partial charge in [-0.15, -0.1) is 11.3 Å². The smallest absolute Gasteiger partial charge is 0.185 e. The van der Waals surface area contributed by atoms with E-state index in [9.17, 15) is 0 Å². The van der Waals surface area contributed by atoms with E-state index in [1.165, 1.54) is 12.8 Å². The normalized spacial score (nSPS) is 10.8. The van der Waals surface area contributed by atoms with Crippen molar-refractivity contribution < 1.29 is 0 Å². The van der Waals surface area contributed by atoms with Crippen molar-refractivity contribution >= 4 is 32.9 Å². The number of aromatic nitrogens is 2. The minimum absolute atomic E-state index is 0.990. The second-order valence-corrected chi connectivity index (χ2v) is 6.36. The van der Waals surface area contributed by atoms with Gasteiger partial charge in [0.25, 0.3) is 0 Å². The number of nitrogens with zero attached hydrogens (tertiary/aromatic N) is 3. The Bertz CT molecular complexity index is 517. The maximum absolute atomic E-state index is 4.64. The number of hydrogen-bond donors (Lipinski definition) is 1.